The number of fused-ring (bicyclic) bond motifs is 1. The zero-order valence-corrected chi connectivity index (χ0v) is 12.0. The van der Waals surface area contributed by atoms with E-state index in [1.165, 1.54) is 11.8 Å². The van der Waals surface area contributed by atoms with E-state index in [2.05, 4.69) is 30.8 Å². The molecule has 0 fully saturated rings. The molecule has 0 aliphatic heterocycles. The molecule has 0 atom stereocenters. The molecule has 98 valence electrons. The molecule has 0 spiro atoms. The van der Waals surface area contributed by atoms with Crippen LogP contribution in [0, 0.1) is 0 Å². The van der Waals surface area contributed by atoms with Gasteiger partial charge in [-0.1, -0.05) is 0 Å². The van der Waals surface area contributed by atoms with Gasteiger partial charge in [-0.05, 0) is 40.6 Å². The second kappa shape index (κ2) is 5.10. The maximum atomic E-state index is 4.52. The normalized spacial score (nSPS) is 11.1. The number of rotatable bonds is 4. The Bertz CT molecular complexity index is 705. The van der Waals surface area contributed by atoms with Crippen LogP contribution in [-0.4, -0.2) is 36.7 Å². The van der Waals surface area contributed by atoms with Gasteiger partial charge in [0.15, 0.2) is 0 Å². The summed E-state index contributed by atoms with van der Waals surface area (Å²) in [5.74, 6) is 0.634. The fourth-order valence-corrected chi connectivity index (χ4v) is 3.19. The molecule has 9 heteroatoms. The van der Waals surface area contributed by atoms with Crippen molar-refractivity contribution in [2.75, 3.05) is 11.9 Å². The van der Waals surface area contributed by atoms with Gasteiger partial charge in [-0.3, -0.25) is 0 Å². The van der Waals surface area contributed by atoms with E-state index in [0.717, 1.165) is 21.8 Å². The number of hydrogen-bond donors (Lipinski definition) is 1. The summed E-state index contributed by atoms with van der Waals surface area (Å²) in [7, 11) is 1.81. The molecular formula is C10H11N7S2. The van der Waals surface area contributed by atoms with Crippen molar-refractivity contribution in [2.24, 2.45) is 7.05 Å². The third kappa shape index (κ3) is 2.38. The molecule has 7 nitrogen and oxygen atoms in total. The summed E-state index contributed by atoms with van der Waals surface area (Å²) in [6, 6.07) is 2.02. The van der Waals surface area contributed by atoms with Crippen molar-refractivity contribution < 1.29 is 0 Å². The lowest BCUT2D eigenvalue weighted by molar-refractivity contribution is 0.664. The summed E-state index contributed by atoms with van der Waals surface area (Å²) in [5.41, 5.74) is 0. The van der Waals surface area contributed by atoms with E-state index in [-0.39, 0.29) is 0 Å². The van der Waals surface area contributed by atoms with Crippen LogP contribution in [0.15, 0.2) is 21.6 Å². The first-order valence-corrected chi connectivity index (χ1v) is 7.37. The smallest absolute Gasteiger partial charge is 0.225 e. The Balaban J connectivity index is 2.05. The van der Waals surface area contributed by atoms with Gasteiger partial charge in [0.2, 0.25) is 11.1 Å². The average molecular weight is 293 g/mol. The zero-order chi connectivity index (χ0) is 13.2. The van der Waals surface area contributed by atoms with Crippen molar-refractivity contribution >= 4 is 39.3 Å². The average Bonchev–Trinajstić information content (AvgIpc) is 3.00. The summed E-state index contributed by atoms with van der Waals surface area (Å²) < 4.78 is 1.62. The molecule has 3 heterocycles. The van der Waals surface area contributed by atoms with E-state index in [1.54, 1.807) is 23.1 Å². The van der Waals surface area contributed by atoms with Gasteiger partial charge in [0.05, 0.1) is 0 Å². The highest BCUT2D eigenvalue weighted by molar-refractivity contribution is 7.99. The molecule has 0 radical (unpaired) electrons. The molecule has 0 aromatic carbocycles. The van der Waals surface area contributed by atoms with Crippen LogP contribution in [0.4, 0.5) is 5.95 Å². The lowest BCUT2D eigenvalue weighted by Crippen LogP contribution is -2.02. The molecule has 0 saturated heterocycles. The topological polar surface area (TPSA) is 81.4 Å². The van der Waals surface area contributed by atoms with Crippen LogP contribution in [0.2, 0.25) is 0 Å². The van der Waals surface area contributed by atoms with Crippen LogP contribution in [0.1, 0.15) is 6.92 Å². The zero-order valence-electron chi connectivity index (χ0n) is 10.4. The fraction of sp³-hybridized carbons (Fsp3) is 0.300. The molecule has 0 amide bonds. The van der Waals surface area contributed by atoms with Crippen LogP contribution in [0.3, 0.4) is 0 Å². The van der Waals surface area contributed by atoms with Gasteiger partial charge in [-0.2, -0.15) is 0 Å². The molecule has 1 N–H and O–H groups in total. The van der Waals surface area contributed by atoms with Crippen LogP contribution in [0.25, 0.3) is 10.2 Å². The quantitative estimate of drug-likeness (QED) is 0.734. The van der Waals surface area contributed by atoms with Crippen LogP contribution >= 0.6 is 23.1 Å². The molecular weight excluding hydrogens is 282 g/mol. The van der Waals surface area contributed by atoms with Crippen molar-refractivity contribution in [3.63, 3.8) is 0 Å². The van der Waals surface area contributed by atoms with Gasteiger partial charge in [0.25, 0.3) is 0 Å². The number of nitrogens with zero attached hydrogens (tertiary/aromatic N) is 6. The van der Waals surface area contributed by atoms with E-state index in [9.17, 15) is 0 Å². The highest BCUT2D eigenvalue weighted by Gasteiger charge is 2.13. The first-order valence-electron chi connectivity index (χ1n) is 5.67. The Morgan fingerprint density at radius 1 is 1.42 bits per heavy atom. The summed E-state index contributed by atoms with van der Waals surface area (Å²) in [6.45, 7) is 2.80. The Labute approximate surface area is 117 Å². The third-order valence-corrected chi connectivity index (χ3v) is 4.23. The number of nitrogens with one attached hydrogen (secondary N) is 1. The first kappa shape index (κ1) is 12.3. The van der Waals surface area contributed by atoms with Gasteiger partial charge >= 0.3 is 0 Å². The summed E-state index contributed by atoms with van der Waals surface area (Å²) in [4.78, 5) is 9.94. The predicted molar refractivity (Wildman–Crippen MR) is 74.5 cm³/mol. The van der Waals surface area contributed by atoms with Crippen molar-refractivity contribution in [2.45, 2.75) is 17.1 Å². The maximum absolute atomic E-state index is 4.52. The van der Waals surface area contributed by atoms with Gasteiger partial charge in [-0.15, -0.1) is 16.4 Å². The summed E-state index contributed by atoms with van der Waals surface area (Å²) in [5, 5.41) is 19.1. The molecule has 3 aromatic heterocycles. The molecule has 0 unspecified atom stereocenters. The van der Waals surface area contributed by atoms with Gasteiger partial charge < -0.3 is 5.32 Å². The van der Waals surface area contributed by atoms with E-state index < -0.39 is 0 Å². The SMILES string of the molecule is CCNc1nc(Sc2nnnn2C)c2ccsc2n1. The Morgan fingerprint density at radius 2 is 2.32 bits per heavy atom. The van der Waals surface area contributed by atoms with E-state index in [4.69, 9.17) is 0 Å². The standard InChI is InChI=1S/C10H11N7S2/c1-3-11-9-12-7-6(4-5-18-7)8(13-9)19-10-14-15-16-17(10)2/h4-5H,3H2,1-2H3,(H,11,12,13). The molecule has 3 rings (SSSR count). The molecule has 19 heavy (non-hydrogen) atoms. The number of thiophene rings is 1. The minimum absolute atomic E-state index is 0.634. The lowest BCUT2D eigenvalue weighted by Gasteiger charge is -2.05. The van der Waals surface area contributed by atoms with Crippen molar-refractivity contribution in [1.82, 2.24) is 30.2 Å². The van der Waals surface area contributed by atoms with Gasteiger partial charge in [0, 0.05) is 19.0 Å². The van der Waals surface area contributed by atoms with Crippen molar-refractivity contribution in [3.05, 3.63) is 11.4 Å². The van der Waals surface area contributed by atoms with E-state index in [0.29, 0.717) is 11.1 Å². The summed E-state index contributed by atoms with van der Waals surface area (Å²) in [6.07, 6.45) is 0. The Morgan fingerprint density at radius 3 is 3.05 bits per heavy atom. The van der Waals surface area contributed by atoms with Crippen molar-refractivity contribution in [3.8, 4) is 0 Å². The number of aryl methyl sites for hydroxylation is 1. The maximum Gasteiger partial charge on any atom is 0.225 e. The number of aromatic nitrogens is 6. The van der Waals surface area contributed by atoms with E-state index in [1.807, 2.05) is 18.4 Å². The summed E-state index contributed by atoms with van der Waals surface area (Å²) >= 11 is 3.03. The second-order valence-corrected chi connectivity index (χ2v) is 5.56. The molecule has 0 bridgehead atoms. The van der Waals surface area contributed by atoms with Gasteiger partial charge in [-0.25, -0.2) is 14.6 Å². The highest BCUT2D eigenvalue weighted by Crippen LogP contribution is 2.32. The number of anilines is 1. The lowest BCUT2D eigenvalue weighted by atomic mass is 10.4. The predicted octanol–water partition coefficient (Wildman–Crippen LogP) is 1.80. The molecule has 0 aliphatic rings. The molecule has 3 aromatic rings. The minimum atomic E-state index is 0.634. The largest absolute Gasteiger partial charge is 0.354 e. The van der Waals surface area contributed by atoms with Gasteiger partial charge in [0.1, 0.15) is 9.86 Å². The molecule has 0 aliphatic carbocycles. The van der Waals surface area contributed by atoms with Crippen molar-refractivity contribution in [1.29, 1.82) is 0 Å². The monoisotopic (exact) mass is 293 g/mol. The third-order valence-electron chi connectivity index (χ3n) is 2.39. The molecule has 0 saturated carbocycles. The van der Waals surface area contributed by atoms with E-state index >= 15 is 0 Å². The van der Waals surface area contributed by atoms with Crippen LogP contribution in [-0.2, 0) is 7.05 Å². The fourth-order valence-electron chi connectivity index (χ4n) is 1.54. The van der Waals surface area contributed by atoms with Crippen LogP contribution < -0.4 is 5.32 Å². The second-order valence-electron chi connectivity index (χ2n) is 3.71. The first-order chi connectivity index (χ1) is 9.28. The highest BCUT2D eigenvalue weighted by atomic mass is 32.2. The Hall–Kier alpha value is -1.74. The van der Waals surface area contributed by atoms with Crippen LogP contribution in [0.5, 0.6) is 0 Å². The Kier molecular flexibility index (Phi) is 3.30. The number of tetrazole rings is 1. The number of hydrogen-bond acceptors (Lipinski definition) is 8. The minimum Gasteiger partial charge on any atom is -0.354 e.